The van der Waals surface area contributed by atoms with Gasteiger partial charge in [-0.15, -0.1) is 0 Å². The molecule has 0 aliphatic rings. The molecule has 3 heteroatoms. The summed E-state index contributed by atoms with van der Waals surface area (Å²) in [6.45, 7) is 5.02. The summed E-state index contributed by atoms with van der Waals surface area (Å²) in [5.41, 5.74) is 2.07. The Morgan fingerprint density at radius 2 is 2.38 bits per heavy atom. The monoisotopic (exact) mass is 176 g/mol. The van der Waals surface area contributed by atoms with Crippen molar-refractivity contribution >= 4 is 0 Å². The highest BCUT2D eigenvalue weighted by Gasteiger charge is 2.06. The maximum atomic E-state index is 5.26. The molecule has 0 N–H and O–H groups in total. The number of aryl methyl sites for hydroxylation is 2. The van der Waals surface area contributed by atoms with Gasteiger partial charge in [-0.25, -0.2) is 0 Å². The number of hydrogen-bond donors (Lipinski definition) is 0. The largest absolute Gasteiger partial charge is 0.463 e. The lowest BCUT2D eigenvalue weighted by Gasteiger charge is -1.95. The van der Waals surface area contributed by atoms with Crippen LogP contribution in [0.15, 0.2) is 28.9 Å². The molecule has 0 aromatic carbocycles. The number of nitrogens with zero attached hydrogens (tertiary/aromatic N) is 2. The lowest BCUT2D eigenvalue weighted by Crippen LogP contribution is -1.98. The van der Waals surface area contributed by atoms with Crippen LogP contribution in [0.2, 0.25) is 0 Å². The van der Waals surface area contributed by atoms with E-state index in [0.717, 1.165) is 23.7 Å². The molecule has 68 valence electrons. The summed E-state index contributed by atoms with van der Waals surface area (Å²) in [6, 6.07) is 5.82. The number of hydrogen-bond acceptors (Lipinski definition) is 2. The third-order valence-corrected chi connectivity index (χ3v) is 2.05. The summed E-state index contributed by atoms with van der Waals surface area (Å²) in [5.74, 6) is 0.829. The molecule has 0 unspecified atom stereocenters. The molecule has 2 rings (SSSR count). The fraction of sp³-hybridized carbons (Fsp3) is 0.300. The van der Waals surface area contributed by atoms with Crippen LogP contribution >= 0.6 is 0 Å². The minimum absolute atomic E-state index is 0.829. The van der Waals surface area contributed by atoms with Gasteiger partial charge in [0.15, 0.2) is 5.76 Å². The average Bonchev–Trinajstić information content (AvgIpc) is 2.71. The molecule has 0 saturated carbocycles. The molecule has 13 heavy (non-hydrogen) atoms. The van der Waals surface area contributed by atoms with E-state index >= 15 is 0 Å². The molecule has 0 amide bonds. The first-order valence-corrected chi connectivity index (χ1v) is 4.39. The number of aromatic nitrogens is 2. The zero-order valence-corrected chi connectivity index (χ0v) is 7.82. The number of rotatable bonds is 2. The Bertz CT molecular complexity index is 387. The van der Waals surface area contributed by atoms with Gasteiger partial charge in [0.2, 0.25) is 0 Å². The molecule has 2 heterocycles. The van der Waals surface area contributed by atoms with Crippen LogP contribution in [0.4, 0.5) is 0 Å². The van der Waals surface area contributed by atoms with Crippen LogP contribution in [0.3, 0.4) is 0 Å². The van der Waals surface area contributed by atoms with E-state index in [0.29, 0.717) is 0 Å². The van der Waals surface area contributed by atoms with E-state index in [4.69, 9.17) is 4.42 Å². The van der Waals surface area contributed by atoms with Crippen molar-refractivity contribution in [3.8, 4) is 11.5 Å². The van der Waals surface area contributed by atoms with E-state index in [-0.39, 0.29) is 0 Å². The van der Waals surface area contributed by atoms with Crippen molar-refractivity contribution in [2.75, 3.05) is 0 Å². The van der Waals surface area contributed by atoms with Gasteiger partial charge in [0.25, 0.3) is 0 Å². The van der Waals surface area contributed by atoms with E-state index in [1.165, 1.54) is 0 Å². The summed E-state index contributed by atoms with van der Waals surface area (Å²) in [6.07, 6.45) is 1.66. The predicted octanol–water partition coefficient (Wildman–Crippen LogP) is 2.47. The maximum absolute atomic E-state index is 5.26. The standard InChI is InChI=1S/C10H12N2O/c1-3-12-8(2)7-9(11-12)10-5-4-6-13-10/h4-7H,3H2,1-2H3. The minimum atomic E-state index is 0.829. The molecule has 0 saturated heterocycles. The number of furan rings is 1. The molecule has 0 spiro atoms. The smallest absolute Gasteiger partial charge is 0.154 e. The second-order valence-electron chi connectivity index (χ2n) is 2.96. The summed E-state index contributed by atoms with van der Waals surface area (Å²) in [7, 11) is 0. The summed E-state index contributed by atoms with van der Waals surface area (Å²) in [4.78, 5) is 0. The fourth-order valence-corrected chi connectivity index (χ4v) is 1.37. The molecule has 2 aromatic rings. The Kier molecular flexibility index (Phi) is 1.93. The Labute approximate surface area is 77.0 Å². The minimum Gasteiger partial charge on any atom is -0.463 e. The van der Waals surface area contributed by atoms with E-state index in [9.17, 15) is 0 Å². The van der Waals surface area contributed by atoms with E-state index in [1.54, 1.807) is 6.26 Å². The van der Waals surface area contributed by atoms with Crippen LogP contribution in [-0.4, -0.2) is 9.78 Å². The zero-order chi connectivity index (χ0) is 9.26. The molecule has 0 atom stereocenters. The second kappa shape index (κ2) is 3.09. The van der Waals surface area contributed by atoms with Crippen molar-refractivity contribution in [1.29, 1.82) is 0 Å². The maximum Gasteiger partial charge on any atom is 0.154 e. The van der Waals surface area contributed by atoms with Crippen molar-refractivity contribution in [1.82, 2.24) is 9.78 Å². The third kappa shape index (κ3) is 1.37. The van der Waals surface area contributed by atoms with Crippen LogP contribution in [0.1, 0.15) is 12.6 Å². The van der Waals surface area contributed by atoms with Crippen LogP contribution in [0.5, 0.6) is 0 Å². The van der Waals surface area contributed by atoms with Gasteiger partial charge in [-0.1, -0.05) is 0 Å². The van der Waals surface area contributed by atoms with Gasteiger partial charge in [0.1, 0.15) is 5.69 Å². The Morgan fingerprint density at radius 1 is 1.54 bits per heavy atom. The van der Waals surface area contributed by atoms with Crippen LogP contribution < -0.4 is 0 Å². The lowest BCUT2D eigenvalue weighted by atomic mass is 10.3. The van der Waals surface area contributed by atoms with Crippen molar-refractivity contribution in [3.05, 3.63) is 30.2 Å². The SMILES string of the molecule is CCn1nc(-c2ccco2)cc1C. The zero-order valence-electron chi connectivity index (χ0n) is 7.82. The molecular formula is C10H12N2O. The Balaban J connectivity index is 2.43. The van der Waals surface area contributed by atoms with Crippen LogP contribution in [-0.2, 0) is 6.54 Å². The average molecular weight is 176 g/mol. The topological polar surface area (TPSA) is 31.0 Å². The van der Waals surface area contributed by atoms with Gasteiger partial charge in [-0.05, 0) is 32.0 Å². The molecule has 2 aromatic heterocycles. The van der Waals surface area contributed by atoms with E-state index in [2.05, 4.69) is 12.0 Å². The van der Waals surface area contributed by atoms with E-state index < -0.39 is 0 Å². The third-order valence-electron chi connectivity index (χ3n) is 2.05. The lowest BCUT2D eigenvalue weighted by molar-refractivity contribution is 0.574. The fourth-order valence-electron chi connectivity index (χ4n) is 1.37. The van der Waals surface area contributed by atoms with Crippen LogP contribution in [0, 0.1) is 6.92 Å². The molecule has 0 bridgehead atoms. The highest BCUT2D eigenvalue weighted by molar-refractivity contribution is 5.51. The van der Waals surface area contributed by atoms with Crippen molar-refractivity contribution in [3.63, 3.8) is 0 Å². The molecule has 0 radical (unpaired) electrons. The molecule has 3 nitrogen and oxygen atoms in total. The second-order valence-corrected chi connectivity index (χ2v) is 2.96. The Morgan fingerprint density at radius 3 is 2.92 bits per heavy atom. The first-order valence-electron chi connectivity index (χ1n) is 4.39. The van der Waals surface area contributed by atoms with Crippen molar-refractivity contribution < 1.29 is 4.42 Å². The van der Waals surface area contributed by atoms with Gasteiger partial charge < -0.3 is 4.42 Å². The van der Waals surface area contributed by atoms with Crippen molar-refractivity contribution in [2.24, 2.45) is 0 Å². The van der Waals surface area contributed by atoms with Gasteiger partial charge in [0, 0.05) is 12.2 Å². The van der Waals surface area contributed by atoms with Gasteiger partial charge >= 0.3 is 0 Å². The van der Waals surface area contributed by atoms with Gasteiger partial charge in [0.05, 0.1) is 6.26 Å². The van der Waals surface area contributed by atoms with Gasteiger partial charge in [-0.3, -0.25) is 4.68 Å². The molecule has 0 aliphatic carbocycles. The normalized spacial score (nSPS) is 10.6. The first kappa shape index (κ1) is 8.10. The quantitative estimate of drug-likeness (QED) is 0.703. The first-order chi connectivity index (χ1) is 6.31. The highest BCUT2D eigenvalue weighted by atomic mass is 16.3. The van der Waals surface area contributed by atoms with E-state index in [1.807, 2.05) is 29.8 Å². The Hall–Kier alpha value is -1.51. The predicted molar refractivity (Wildman–Crippen MR) is 50.3 cm³/mol. The summed E-state index contributed by atoms with van der Waals surface area (Å²) < 4.78 is 7.21. The molecule has 0 aliphatic heterocycles. The van der Waals surface area contributed by atoms with Crippen molar-refractivity contribution in [2.45, 2.75) is 20.4 Å². The highest BCUT2D eigenvalue weighted by Crippen LogP contribution is 2.18. The molecular weight excluding hydrogens is 164 g/mol. The van der Waals surface area contributed by atoms with Gasteiger partial charge in [-0.2, -0.15) is 5.10 Å². The molecule has 0 fully saturated rings. The summed E-state index contributed by atoms with van der Waals surface area (Å²) >= 11 is 0. The summed E-state index contributed by atoms with van der Waals surface area (Å²) in [5, 5.41) is 4.39. The van der Waals surface area contributed by atoms with Crippen LogP contribution in [0.25, 0.3) is 11.5 Å².